The largest absolute Gasteiger partial charge is 0.504 e. The molecule has 2 aliphatic carbocycles. The monoisotopic (exact) mass is 344 g/mol. The minimum atomic E-state index is -0.760. The van der Waals surface area contributed by atoms with Crippen LogP contribution < -0.4 is 0 Å². The van der Waals surface area contributed by atoms with E-state index in [9.17, 15) is 14.3 Å². The van der Waals surface area contributed by atoms with Crippen molar-refractivity contribution in [2.24, 2.45) is 11.8 Å². The molecule has 0 aliphatic heterocycles. The number of phenols is 1. The number of carbonyl (C=O) groups excluding carboxylic acids is 1. The van der Waals surface area contributed by atoms with E-state index < -0.39 is 11.6 Å². The molecular weight excluding hydrogens is 335 g/mol. The smallest absolute Gasteiger partial charge is 0.173 e. The summed E-state index contributed by atoms with van der Waals surface area (Å²) in [5.74, 6) is -1.05. The third kappa shape index (κ3) is 1.93. The fourth-order valence-electron chi connectivity index (χ4n) is 3.14. The van der Waals surface area contributed by atoms with E-state index in [0.717, 1.165) is 24.8 Å². The van der Waals surface area contributed by atoms with Gasteiger partial charge >= 0.3 is 0 Å². The van der Waals surface area contributed by atoms with Gasteiger partial charge in [0, 0.05) is 5.92 Å². The lowest BCUT2D eigenvalue weighted by atomic mass is 9.90. The second-order valence-electron chi connectivity index (χ2n) is 5.02. The molecule has 0 radical (unpaired) electrons. The predicted octanol–water partition coefficient (Wildman–Crippen LogP) is 4.29. The van der Waals surface area contributed by atoms with Crippen LogP contribution in [0.1, 0.15) is 24.8 Å². The number of carbonyl (C=O) groups is 1. The summed E-state index contributed by atoms with van der Waals surface area (Å²) in [6, 6.07) is 2.76. The molecule has 1 saturated carbocycles. The van der Waals surface area contributed by atoms with E-state index in [1.165, 1.54) is 12.1 Å². The maximum Gasteiger partial charge on any atom is 0.173 e. The normalized spacial score (nSPS) is 26.2. The quantitative estimate of drug-likeness (QED) is 0.824. The van der Waals surface area contributed by atoms with E-state index in [1.807, 2.05) is 0 Å². The van der Waals surface area contributed by atoms with E-state index in [1.54, 1.807) is 0 Å². The van der Waals surface area contributed by atoms with E-state index in [-0.39, 0.29) is 22.6 Å². The number of rotatable bonds is 1. The molecule has 1 aromatic rings. The van der Waals surface area contributed by atoms with Gasteiger partial charge in [0.1, 0.15) is 0 Å². The molecule has 0 spiro atoms. The van der Waals surface area contributed by atoms with Gasteiger partial charge in [-0.1, -0.05) is 18.0 Å². The molecule has 0 aromatic heterocycles. The van der Waals surface area contributed by atoms with Crippen LogP contribution in [0.25, 0.3) is 5.57 Å². The van der Waals surface area contributed by atoms with Gasteiger partial charge in [-0.05, 0) is 58.0 Å². The van der Waals surface area contributed by atoms with Gasteiger partial charge in [-0.15, -0.1) is 0 Å². The van der Waals surface area contributed by atoms with Crippen LogP contribution >= 0.6 is 27.5 Å². The Labute approximate surface area is 123 Å². The average Bonchev–Trinajstić information content (AvgIpc) is 2.91. The highest BCUT2D eigenvalue weighted by Gasteiger charge is 2.44. The van der Waals surface area contributed by atoms with Crippen LogP contribution in [0.2, 0.25) is 5.02 Å². The van der Waals surface area contributed by atoms with Crippen molar-refractivity contribution in [3.05, 3.63) is 33.0 Å². The molecule has 5 heteroatoms. The summed E-state index contributed by atoms with van der Waals surface area (Å²) in [6.45, 7) is 0. The van der Waals surface area contributed by atoms with E-state index >= 15 is 0 Å². The van der Waals surface area contributed by atoms with Crippen molar-refractivity contribution >= 4 is 38.9 Å². The van der Waals surface area contributed by atoms with Gasteiger partial charge in [0.05, 0.1) is 9.51 Å². The molecule has 2 unspecified atom stereocenters. The molecular formula is C14H11BrClFO2. The van der Waals surface area contributed by atoms with E-state index in [2.05, 4.69) is 15.9 Å². The van der Waals surface area contributed by atoms with Crippen molar-refractivity contribution in [3.8, 4) is 5.75 Å². The Morgan fingerprint density at radius 2 is 2.00 bits per heavy atom. The summed E-state index contributed by atoms with van der Waals surface area (Å²) in [5, 5.41) is 9.35. The summed E-state index contributed by atoms with van der Waals surface area (Å²) >= 11 is 9.14. The molecule has 100 valence electrons. The number of hydrogen-bond acceptors (Lipinski definition) is 2. The fourth-order valence-corrected chi connectivity index (χ4v) is 4.16. The van der Waals surface area contributed by atoms with Crippen LogP contribution in [0.3, 0.4) is 0 Å². The number of Topliss-reactive ketones (excluding diaryl/α,β-unsaturated/α-hetero) is 1. The van der Waals surface area contributed by atoms with Gasteiger partial charge in [0.25, 0.3) is 0 Å². The lowest BCUT2D eigenvalue weighted by Crippen LogP contribution is -2.10. The summed E-state index contributed by atoms with van der Waals surface area (Å²) < 4.78 is 14.1. The molecule has 2 atom stereocenters. The molecule has 19 heavy (non-hydrogen) atoms. The fraction of sp³-hybridized carbons (Fsp3) is 0.357. The summed E-state index contributed by atoms with van der Waals surface area (Å²) in [7, 11) is 0. The lowest BCUT2D eigenvalue weighted by Gasteiger charge is -2.14. The number of aromatic hydroxyl groups is 1. The van der Waals surface area contributed by atoms with Crippen LogP contribution in [0.15, 0.2) is 16.6 Å². The Morgan fingerprint density at radius 3 is 2.68 bits per heavy atom. The molecule has 3 rings (SSSR count). The number of fused-ring (bicyclic) bond motifs is 1. The lowest BCUT2D eigenvalue weighted by molar-refractivity contribution is -0.118. The zero-order valence-corrected chi connectivity index (χ0v) is 12.3. The standard InChI is InChI=1S/C14H11BrClFO2/c15-12-11(7-2-1-3-8(7)13(12)18)6-4-9(16)14(19)10(17)5-6/h4-5,7-8,19H,1-3H2. The molecule has 0 saturated heterocycles. The third-order valence-corrected chi connectivity index (χ3v) is 5.11. The van der Waals surface area contributed by atoms with Gasteiger partial charge in [-0.3, -0.25) is 4.79 Å². The SMILES string of the molecule is O=C1C(Br)=C(c2cc(F)c(O)c(Cl)c2)C2CCCC12. The van der Waals surface area contributed by atoms with E-state index in [4.69, 9.17) is 11.6 Å². The second kappa shape index (κ2) is 4.60. The summed E-state index contributed by atoms with van der Waals surface area (Å²) in [5.41, 5.74) is 1.41. The predicted molar refractivity (Wildman–Crippen MR) is 74.8 cm³/mol. The number of hydrogen-bond donors (Lipinski definition) is 1. The molecule has 2 nitrogen and oxygen atoms in total. The Hall–Kier alpha value is -0.870. The number of halogens is 3. The summed E-state index contributed by atoms with van der Waals surface area (Å²) in [4.78, 5) is 12.1. The Bertz CT molecular complexity index is 588. The average molecular weight is 346 g/mol. The van der Waals surface area contributed by atoms with Crippen molar-refractivity contribution in [1.82, 2.24) is 0 Å². The van der Waals surface area contributed by atoms with Crippen molar-refractivity contribution in [2.45, 2.75) is 19.3 Å². The zero-order chi connectivity index (χ0) is 13.7. The Balaban J connectivity index is 2.13. The Kier molecular flexibility index (Phi) is 3.18. The number of benzene rings is 1. The van der Waals surface area contributed by atoms with Crippen molar-refractivity contribution in [3.63, 3.8) is 0 Å². The minimum Gasteiger partial charge on any atom is -0.504 e. The molecule has 0 bridgehead atoms. The number of allylic oxidation sites excluding steroid dienone is 2. The van der Waals surface area contributed by atoms with E-state index in [0.29, 0.717) is 10.0 Å². The van der Waals surface area contributed by atoms with Crippen LogP contribution in [-0.2, 0) is 4.79 Å². The van der Waals surface area contributed by atoms with Gasteiger partial charge < -0.3 is 5.11 Å². The zero-order valence-electron chi connectivity index (χ0n) is 9.92. The maximum atomic E-state index is 13.6. The maximum absolute atomic E-state index is 13.6. The first kappa shape index (κ1) is 13.1. The number of ketones is 1. The highest BCUT2D eigenvalue weighted by molar-refractivity contribution is 9.12. The molecule has 1 N–H and O–H groups in total. The topological polar surface area (TPSA) is 37.3 Å². The van der Waals surface area contributed by atoms with Crippen LogP contribution in [-0.4, -0.2) is 10.9 Å². The first-order chi connectivity index (χ1) is 9.00. The summed E-state index contributed by atoms with van der Waals surface area (Å²) in [6.07, 6.45) is 2.83. The molecule has 0 heterocycles. The third-order valence-electron chi connectivity index (χ3n) is 4.00. The van der Waals surface area contributed by atoms with Gasteiger partial charge in [0.2, 0.25) is 0 Å². The van der Waals surface area contributed by atoms with Gasteiger partial charge in [-0.2, -0.15) is 0 Å². The first-order valence-corrected chi connectivity index (χ1v) is 7.30. The Morgan fingerprint density at radius 1 is 1.32 bits per heavy atom. The highest BCUT2D eigenvalue weighted by Crippen LogP contribution is 2.51. The van der Waals surface area contributed by atoms with Crippen LogP contribution in [0, 0.1) is 17.7 Å². The second-order valence-corrected chi connectivity index (χ2v) is 6.22. The van der Waals surface area contributed by atoms with Gasteiger partial charge in [-0.25, -0.2) is 4.39 Å². The molecule has 0 amide bonds. The van der Waals surface area contributed by atoms with Crippen molar-refractivity contribution in [2.75, 3.05) is 0 Å². The van der Waals surface area contributed by atoms with Gasteiger partial charge in [0.15, 0.2) is 17.3 Å². The van der Waals surface area contributed by atoms with Crippen LogP contribution in [0.4, 0.5) is 4.39 Å². The minimum absolute atomic E-state index is 0.0139. The van der Waals surface area contributed by atoms with Crippen molar-refractivity contribution in [1.29, 1.82) is 0 Å². The van der Waals surface area contributed by atoms with Crippen LogP contribution in [0.5, 0.6) is 5.75 Å². The highest BCUT2D eigenvalue weighted by atomic mass is 79.9. The van der Waals surface area contributed by atoms with Crippen molar-refractivity contribution < 1.29 is 14.3 Å². The number of phenolic OH excluding ortho intramolecular Hbond substituents is 1. The molecule has 1 fully saturated rings. The molecule has 2 aliphatic rings. The first-order valence-electron chi connectivity index (χ1n) is 6.13. The molecule has 1 aromatic carbocycles.